The number of carbonyl (C=O) groups is 2. The molecule has 1 aromatic heterocycles. The molecule has 18 heavy (non-hydrogen) atoms. The topological polar surface area (TPSA) is 88.5 Å². The van der Waals surface area contributed by atoms with Gasteiger partial charge < -0.3 is 15.2 Å². The van der Waals surface area contributed by atoms with Crippen LogP contribution >= 0.6 is 27.5 Å². The van der Waals surface area contributed by atoms with E-state index in [2.05, 4.69) is 25.6 Å². The Balaban J connectivity index is 1.87. The lowest BCUT2D eigenvalue weighted by atomic mass is 10.3. The fourth-order valence-electron chi connectivity index (χ4n) is 1.59. The van der Waals surface area contributed by atoms with Gasteiger partial charge in [-0.1, -0.05) is 0 Å². The zero-order valence-electron chi connectivity index (χ0n) is 9.47. The summed E-state index contributed by atoms with van der Waals surface area (Å²) in [6, 6.07) is 0. The lowest BCUT2D eigenvalue weighted by molar-refractivity contribution is -0.140. The van der Waals surface area contributed by atoms with Crippen LogP contribution in [0.25, 0.3) is 0 Å². The molecular weight excluding hydrogens is 324 g/mol. The van der Waals surface area contributed by atoms with Gasteiger partial charge >= 0.3 is 5.97 Å². The van der Waals surface area contributed by atoms with Crippen molar-refractivity contribution in [3.63, 3.8) is 0 Å². The number of halogens is 1. The van der Waals surface area contributed by atoms with E-state index in [1.807, 2.05) is 0 Å². The number of carboxylic acids is 1. The molecule has 2 atom stereocenters. The maximum Gasteiger partial charge on any atom is 0.307 e. The van der Waals surface area contributed by atoms with Gasteiger partial charge in [-0.25, -0.2) is 0 Å². The number of rotatable bonds is 5. The van der Waals surface area contributed by atoms with Gasteiger partial charge in [0.15, 0.2) is 0 Å². The van der Waals surface area contributed by atoms with Crippen molar-refractivity contribution in [3.8, 4) is 5.88 Å². The van der Waals surface area contributed by atoms with Gasteiger partial charge in [0.25, 0.3) is 0 Å². The minimum Gasteiger partial charge on any atom is -0.481 e. The van der Waals surface area contributed by atoms with Crippen molar-refractivity contribution in [2.75, 3.05) is 7.11 Å². The van der Waals surface area contributed by atoms with Gasteiger partial charge in [-0.05, 0) is 33.9 Å². The maximum atomic E-state index is 11.6. The van der Waals surface area contributed by atoms with E-state index in [4.69, 9.17) is 9.84 Å². The molecule has 1 heterocycles. The molecule has 0 aliphatic heterocycles. The molecule has 0 bridgehead atoms. The lowest BCUT2D eigenvalue weighted by Gasteiger charge is -2.02. The first-order valence-corrected chi connectivity index (χ1v) is 6.79. The Kier molecular flexibility index (Phi) is 3.86. The number of ether oxygens (including phenoxy) is 1. The van der Waals surface area contributed by atoms with Crippen LogP contribution in [0.2, 0.25) is 0 Å². The Bertz CT molecular complexity index is 490. The summed E-state index contributed by atoms with van der Waals surface area (Å²) in [6.45, 7) is 0.323. The molecule has 2 rings (SSSR count). The van der Waals surface area contributed by atoms with Gasteiger partial charge in [0.2, 0.25) is 11.8 Å². The normalized spacial score (nSPS) is 21.4. The first-order chi connectivity index (χ1) is 8.54. The summed E-state index contributed by atoms with van der Waals surface area (Å²) in [5.41, 5.74) is 0. The molecule has 8 heteroatoms. The second kappa shape index (κ2) is 5.23. The highest BCUT2D eigenvalue weighted by molar-refractivity contribution is 9.10. The molecule has 2 N–H and O–H groups in total. The van der Waals surface area contributed by atoms with E-state index in [1.54, 1.807) is 0 Å². The molecule has 98 valence electrons. The van der Waals surface area contributed by atoms with E-state index in [0.29, 0.717) is 18.8 Å². The highest BCUT2D eigenvalue weighted by Crippen LogP contribution is 2.39. The first kappa shape index (κ1) is 13.3. The van der Waals surface area contributed by atoms with Crippen LogP contribution in [-0.2, 0) is 16.1 Å². The monoisotopic (exact) mass is 334 g/mol. The molecule has 0 aromatic carbocycles. The minimum absolute atomic E-state index is 0.221. The molecule has 1 saturated carbocycles. The Hall–Kier alpha value is -1.15. The number of amides is 1. The zero-order chi connectivity index (χ0) is 13.3. The van der Waals surface area contributed by atoms with Crippen molar-refractivity contribution >= 4 is 39.3 Å². The third kappa shape index (κ3) is 2.64. The van der Waals surface area contributed by atoms with Crippen molar-refractivity contribution in [1.29, 1.82) is 0 Å². The van der Waals surface area contributed by atoms with E-state index in [1.165, 1.54) is 18.6 Å². The number of nitrogens with zero attached hydrogens (tertiary/aromatic N) is 1. The second-order valence-corrected chi connectivity index (χ2v) is 5.58. The maximum absolute atomic E-state index is 11.6. The number of carbonyl (C=O) groups excluding carboxylic acids is 1. The van der Waals surface area contributed by atoms with Crippen molar-refractivity contribution in [1.82, 2.24) is 9.69 Å². The van der Waals surface area contributed by atoms with E-state index in [9.17, 15) is 9.59 Å². The summed E-state index contributed by atoms with van der Waals surface area (Å²) < 4.78 is 9.77. The summed E-state index contributed by atoms with van der Waals surface area (Å²) in [7, 11) is 1.52. The standard InChI is InChI=1S/C10H11BrN2O4S/c1-17-9-7(11)6(18-13-9)3-12-8(14)4-2-5(4)10(15)16/h4-5H,2-3H2,1H3,(H,12,14)(H,15,16)/t4-,5-/m1/s1. The van der Waals surface area contributed by atoms with Crippen molar-refractivity contribution in [2.24, 2.45) is 11.8 Å². The summed E-state index contributed by atoms with van der Waals surface area (Å²) in [5, 5.41) is 11.4. The van der Waals surface area contributed by atoms with Crippen LogP contribution in [0, 0.1) is 11.8 Å². The number of hydrogen-bond acceptors (Lipinski definition) is 5. The molecule has 1 aromatic rings. The van der Waals surface area contributed by atoms with Crippen LogP contribution in [0.15, 0.2) is 4.47 Å². The van der Waals surface area contributed by atoms with Gasteiger partial charge in [0.05, 0.1) is 34.8 Å². The number of carboxylic acid groups (broad SMARTS) is 1. The van der Waals surface area contributed by atoms with Crippen LogP contribution in [0.1, 0.15) is 11.3 Å². The van der Waals surface area contributed by atoms with Gasteiger partial charge in [-0.2, -0.15) is 4.37 Å². The number of aliphatic carboxylic acids is 1. The van der Waals surface area contributed by atoms with Gasteiger partial charge in [0, 0.05) is 0 Å². The largest absolute Gasteiger partial charge is 0.481 e. The number of methoxy groups -OCH3 is 1. The fraction of sp³-hybridized carbons (Fsp3) is 0.500. The van der Waals surface area contributed by atoms with Crippen LogP contribution in [0.4, 0.5) is 0 Å². The van der Waals surface area contributed by atoms with Crippen molar-refractivity contribution in [3.05, 3.63) is 9.35 Å². The van der Waals surface area contributed by atoms with E-state index in [-0.39, 0.29) is 5.91 Å². The van der Waals surface area contributed by atoms with E-state index in [0.717, 1.165) is 9.35 Å². The molecule has 0 unspecified atom stereocenters. The number of nitrogens with one attached hydrogen (secondary N) is 1. The predicted molar refractivity (Wildman–Crippen MR) is 67.4 cm³/mol. The number of aromatic nitrogens is 1. The Morgan fingerprint density at radius 3 is 2.83 bits per heavy atom. The average Bonchev–Trinajstić information content (AvgIpc) is 3.06. The molecule has 0 spiro atoms. The summed E-state index contributed by atoms with van der Waals surface area (Å²) in [4.78, 5) is 23.1. The molecule has 1 aliphatic rings. The van der Waals surface area contributed by atoms with Gasteiger partial charge in [0.1, 0.15) is 0 Å². The molecular formula is C10H11BrN2O4S. The third-order valence-electron chi connectivity index (χ3n) is 2.73. The zero-order valence-corrected chi connectivity index (χ0v) is 11.9. The SMILES string of the molecule is COc1nsc(CNC(=O)[C@@H]2C[C@H]2C(=O)O)c1Br. The number of hydrogen-bond donors (Lipinski definition) is 2. The van der Waals surface area contributed by atoms with Gasteiger partial charge in [-0.3, -0.25) is 9.59 Å². The quantitative estimate of drug-likeness (QED) is 0.846. The Labute approximate surface area is 116 Å². The van der Waals surface area contributed by atoms with Crippen LogP contribution < -0.4 is 10.1 Å². The van der Waals surface area contributed by atoms with E-state index < -0.39 is 17.8 Å². The average molecular weight is 335 g/mol. The van der Waals surface area contributed by atoms with Crippen LogP contribution in [0.5, 0.6) is 5.88 Å². The molecule has 0 saturated heterocycles. The van der Waals surface area contributed by atoms with Gasteiger partial charge in [-0.15, -0.1) is 0 Å². The summed E-state index contributed by atoms with van der Waals surface area (Å²) in [6.07, 6.45) is 0.425. The molecule has 0 radical (unpaired) electrons. The minimum atomic E-state index is -0.907. The lowest BCUT2D eigenvalue weighted by Crippen LogP contribution is -2.25. The van der Waals surface area contributed by atoms with Crippen molar-refractivity contribution in [2.45, 2.75) is 13.0 Å². The molecule has 1 aliphatic carbocycles. The predicted octanol–water partition coefficient (Wildman–Crippen LogP) is 1.25. The summed E-state index contributed by atoms with van der Waals surface area (Å²) >= 11 is 4.56. The highest BCUT2D eigenvalue weighted by Gasteiger charge is 2.48. The fourth-order valence-corrected chi connectivity index (χ4v) is 2.98. The van der Waals surface area contributed by atoms with Crippen LogP contribution in [0.3, 0.4) is 0 Å². The Morgan fingerprint density at radius 1 is 1.61 bits per heavy atom. The van der Waals surface area contributed by atoms with E-state index >= 15 is 0 Å². The first-order valence-electron chi connectivity index (χ1n) is 5.23. The molecule has 1 amide bonds. The molecule has 6 nitrogen and oxygen atoms in total. The smallest absolute Gasteiger partial charge is 0.307 e. The second-order valence-electron chi connectivity index (χ2n) is 3.93. The third-order valence-corrected chi connectivity index (χ3v) is 4.64. The van der Waals surface area contributed by atoms with Crippen LogP contribution in [-0.4, -0.2) is 28.5 Å². The van der Waals surface area contributed by atoms with Crippen molar-refractivity contribution < 1.29 is 19.4 Å². The Morgan fingerprint density at radius 2 is 2.33 bits per heavy atom. The summed E-state index contributed by atoms with van der Waals surface area (Å²) in [5.74, 6) is -1.56. The molecule has 1 fully saturated rings. The highest BCUT2D eigenvalue weighted by atomic mass is 79.9.